The van der Waals surface area contributed by atoms with E-state index in [0.717, 1.165) is 5.01 Å². The SMILES string of the molecule is COC(=O)C=Cc1[c]cccc1N(NC(=N)N)C(=O)c1ccccc1. The molecule has 0 aliphatic heterocycles. The Labute approximate surface area is 145 Å². The summed E-state index contributed by atoms with van der Waals surface area (Å²) in [6.07, 6.45) is 2.68. The maximum atomic E-state index is 12.8. The van der Waals surface area contributed by atoms with E-state index in [-0.39, 0.29) is 0 Å². The van der Waals surface area contributed by atoms with Crippen LogP contribution in [0.4, 0.5) is 5.69 Å². The summed E-state index contributed by atoms with van der Waals surface area (Å²) in [5, 5.41) is 8.60. The molecule has 0 saturated carbocycles. The number of methoxy groups -OCH3 is 1. The maximum absolute atomic E-state index is 12.8. The van der Waals surface area contributed by atoms with E-state index in [1.807, 2.05) is 0 Å². The van der Waals surface area contributed by atoms with Gasteiger partial charge in [0.15, 0.2) is 0 Å². The summed E-state index contributed by atoms with van der Waals surface area (Å²) >= 11 is 0. The van der Waals surface area contributed by atoms with Gasteiger partial charge in [0.1, 0.15) is 0 Å². The van der Waals surface area contributed by atoms with Gasteiger partial charge in [-0.1, -0.05) is 30.3 Å². The second-order valence-corrected chi connectivity index (χ2v) is 4.86. The molecule has 0 atom stereocenters. The Hall–Kier alpha value is -3.61. The van der Waals surface area contributed by atoms with Crippen LogP contribution in [0.25, 0.3) is 6.08 Å². The van der Waals surface area contributed by atoms with Crippen LogP contribution in [0.15, 0.2) is 54.6 Å². The zero-order valence-corrected chi connectivity index (χ0v) is 13.5. The fourth-order valence-corrected chi connectivity index (χ4v) is 2.04. The van der Waals surface area contributed by atoms with Crippen molar-refractivity contribution in [1.82, 2.24) is 5.43 Å². The first-order chi connectivity index (χ1) is 12.0. The molecule has 0 unspecified atom stereocenters. The predicted molar refractivity (Wildman–Crippen MR) is 94.6 cm³/mol. The van der Waals surface area contributed by atoms with Gasteiger partial charge < -0.3 is 10.5 Å². The van der Waals surface area contributed by atoms with E-state index in [4.69, 9.17) is 11.1 Å². The van der Waals surface area contributed by atoms with Gasteiger partial charge in [0.05, 0.1) is 12.8 Å². The molecule has 127 valence electrons. The number of amides is 1. The smallest absolute Gasteiger partial charge is 0.330 e. The van der Waals surface area contributed by atoms with Crippen LogP contribution in [0.3, 0.4) is 0 Å². The van der Waals surface area contributed by atoms with E-state index >= 15 is 0 Å². The molecule has 4 N–H and O–H groups in total. The van der Waals surface area contributed by atoms with Crippen LogP contribution >= 0.6 is 0 Å². The highest BCUT2D eigenvalue weighted by Crippen LogP contribution is 2.22. The summed E-state index contributed by atoms with van der Waals surface area (Å²) in [6, 6.07) is 16.4. The number of ether oxygens (including phenoxy) is 1. The summed E-state index contributed by atoms with van der Waals surface area (Å²) in [4.78, 5) is 24.1. The third kappa shape index (κ3) is 4.68. The molecule has 0 spiro atoms. The largest absolute Gasteiger partial charge is 0.466 e. The second-order valence-electron chi connectivity index (χ2n) is 4.86. The van der Waals surface area contributed by atoms with E-state index < -0.39 is 17.8 Å². The van der Waals surface area contributed by atoms with Crippen LogP contribution in [0.2, 0.25) is 0 Å². The van der Waals surface area contributed by atoms with Crippen LogP contribution in [0, 0.1) is 11.5 Å². The molecule has 0 heterocycles. The minimum absolute atomic E-state index is 0.381. The van der Waals surface area contributed by atoms with Gasteiger partial charge in [-0.05, 0) is 30.3 Å². The molecule has 0 bridgehead atoms. The molecule has 2 aromatic rings. The predicted octanol–water partition coefficient (Wildman–Crippen LogP) is 1.72. The molecule has 0 aliphatic rings. The first kappa shape index (κ1) is 17.7. The average Bonchev–Trinajstić information content (AvgIpc) is 2.64. The summed E-state index contributed by atoms with van der Waals surface area (Å²) in [5.74, 6) is -1.36. The second kappa shape index (κ2) is 8.30. The molecule has 2 aromatic carbocycles. The quantitative estimate of drug-likeness (QED) is 0.259. The molecule has 2 rings (SSSR count). The van der Waals surface area contributed by atoms with Crippen molar-refractivity contribution in [2.24, 2.45) is 5.73 Å². The van der Waals surface area contributed by atoms with E-state index in [9.17, 15) is 9.59 Å². The Bertz CT molecular complexity index is 803. The summed E-state index contributed by atoms with van der Waals surface area (Å²) in [6.45, 7) is 0. The number of hydrazine groups is 1. The topological polar surface area (TPSA) is 109 Å². The lowest BCUT2D eigenvalue weighted by molar-refractivity contribution is -0.134. The van der Waals surface area contributed by atoms with Crippen molar-refractivity contribution >= 4 is 29.6 Å². The van der Waals surface area contributed by atoms with Crippen LogP contribution in [-0.2, 0) is 9.53 Å². The standard InChI is InChI=1S/C18H17N4O3/c1-25-16(23)12-11-13-7-5-6-10-15(13)22(21-18(19)20)17(24)14-8-3-2-4-9-14/h2-6,8-12H,1H3,(H4,19,20,21). The highest BCUT2D eigenvalue weighted by Gasteiger charge is 2.20. The summed E-state index contributed by atoms with van der Waals surface area (Å²) in [7, 11) is 1.27. The lowest BCUT2D eigenvalue weighted by Crippen LogP contribution is -2.49. The Morgan fingerprint density at radius 2 is 1.96 bits per heavy atom. The van der Waals surface area contributed by atoms with Crippen LogP contribution in [0.5, 0.6) is 0 Å². The molecule has 1 radical (unpaired) electrons. The van der Waals surface area contributed by atoms with Gasteiger partial charge in [-0.3, -0.25) is 15.6 Å². The van der Waals surface area contributed by atoms with Gasteiger partial charge in [0.2, 0.25) is 5.96 Å². The molecular formula is C18H17N4O3. The minimum atomic E-state index is -0.538. The summed E-state index contributed by atoms with van der Waals surface area (Å²) < 4.78 is 4.56. The number of rotatable bonds is 4. The average molecular weight is 337 g/mol. The van der Waals surface area contributed by atoms with E-state index in [1.165, 1.54) is 19.3 Å². The zero-order valence-electron chi connectivity index (χ0n) is 13.5. The third-order valence-corrected chi connectivity index (χ3v) is 3.15. The molecule has 0 fully saturated rings. The van der Waals surface area contributed by atoms with Crippen LogP contribution in [0.1, 0.15) is 15.9 Å². The Morgan fingerprint density at radius 3 is 2.60 bits per heavy atom. The van der Waals surface area contributed by atoms with Gasteiger partial charge in [-0.15, -0.1) is 0 Å². The number of carbonyl (C=O) groups is 2. The van der Waals surface area contributed by atoms with Gasteiger partial charge in [0, 0.05) is 17.2 Å². The van der Waals surface area contributed by atoms with Crippen molar-refractivity contribution in [3.63, 3.8) is 0 Å². The number of carbonyl (C=O) groups excluding carboxylic acids is 2. The fraction of sp³-hybridized carbons (Fsp3) is 0.0556. The molecule has 0 aromatic heterocycles. The number of nitrogens with zero attached hydrogens (tertiary/aromatic N) is 1. The number of nitrogens with two attached hydrogens (primary N) is 1. The first-order valence-corrected chi connectivity index (χ1v) is 7.30. The van der Waals surface area contributed by atoms with Gasteiger partial charge in [-0.25, -0.2) is 9.80 Å². The lowest BCUT2D eigenvalue weighted by atomic mass is 10.1. The van der Waals surface area contributed by atoms with E-state index in [0.29, 0.717) is 16.8 Å². The maximum Gasteiger partial charge on any atom is 0.330 e. The fourth-order valence-electron chi connectivity index (χ4n) is 2.04. The Morgan fingerprint density at radius 1 is 1.24 bits per heavy atom. The monoisotopic (exact) mass is 337 g/mol. The number of hydrogen-bond acceptors (Lipinski definition) is 4. The van der Waals surface area contributed by atoms with E-state index in [2.05, 4.69) is 16.2 Å². The third-order valence-electron chi connectivity index (χ3n) is 3.15. The highest BCUT2D eigenvalue weighted by molar-refractivity contribution is 6.08. The number of nitrogens with one attached hydrogen (secondary N) is 2. The Kier molecular flexibility index (Phi) is 5.89. The first-order valence-electron chi connectivity index (χ1n) is 7.30. The van der Waals surface area contributed by atoms with Crippen molar-refractivity contribution < 1.29 is 14.3 Å². The minimum Gasteiger partial charge on any atom is -0.466 e. The molecule has 0 saturated heterocycles. The number of anilines is 1. The molecule has 7 nitrogen and oxygen atoms in total. The van der Waals surface area contributed by atoms with Gasteiger partial charge >= 0.3 is 5.97 Å². The number of esters is 1. The Balaban J connectivity index is 2.45. The number of hydrogen-bond donors (Lipinski definition) is 3. The molecule has 7 heteroatoms. The van der Waals surface area contributed by atoms with Crippen molar-refractivity contribution in [1.29, 1.82) is 5.41 Å². The number of benzene rings is 2. The molecular weight excluding hydrogens is 320 g/mol. The lowest BCUT2D eigenvalue weighted by Gasteiger charge is -2.25. The van der Waals surface area contributed by atoms with Crippen LogP contribution in [-0.4, -0.2) is 24.9 Å². The zero-order chi connectivity index (χ0) is 18.2. The number of guanidine groups is 1. The van der Waals surface area contributed by atoms with E-state index in [1.54, 1.807) is 48.5 Å². The van der Waals surface area contributed by atoms with Crippen molar-refractivity contribution in [2.75, 3.05) is 12.1 Å². The van der Waals surface area contributed by atoms with Crippen molar-refractivity contribution in [3.8, 4) is 0 Å². The van der Waals surface area contributed by atoms with Gasteiger partial charge in [-0.2, -0.15) is 0 Å². The summed E-state index contributed by atoms with van der Waals surface area (Å²) in [5.41, 5.74) is 9.16. The van der Waals surface area contributed by atoms with Crippen LogP contribution < -0.4 is 16.2 Å². The molecule has 1 amide bonds. The van der Waals surface area contributed by atoms with Crippen molar-refractivity contribution in [2.45, 2.75) is 0 Å². The van der Waals surface area contributed by atoms with Crippen molar-refractivity contribution in [3.05, 3.63) is 71.8 Å². The normalized spacial score (nSPS) is 10.3. The van der Waals surface area contributed by atoms with Gasteiger partial charge in [0.25, 0.3) is 5.91 Å². The molecule has 25 heavy (non-hydrogen) atoms. The highest BCUT2D eigenvalue weighted by atomic mass is 16.5. The molecule has 0 aliphatic carbocycles.